The first-order chi connectivity index (χ1) is 16.5. The van der Waals surface area contributed by atoms with Crippen LogP contribution in [0.5, 0.6) is 0 Å². The highest BCUT2D eigenvalue weighted by molar-refractivity contribution is 5.85. The van der Waals surface area contributed by atoms with Gasteiger partial charge in [-0.05, 0) is 30.7 Å². The molecule has 34 heavy (non-hydrogen) atoms. The van der Waals surface area contributed by atoms with Crippen molar-refractivity contribution in [3.8, 4) is 11.4 Å². The van der Waals surface area contributed by atoms with Gasteiger partial charge in [-0.15, -0.1) is 0 Å². The zero-order valence-electron chi connectivity index (χ0n) is 19.8. The molecule has 1 aliphatic heterocycles. The second kappa shape index (κ2) is 9.48. The first-order valence-corrected chi connectivity index (χ1v) is 11.6. The molecule has 0 bridgehead atoms. The summed E-state index contributed by atoms with van der Waals surface area (Å²) in [6, 6.07) is 13.5. The van der Waals surface area contributed by atoms with Gasteiger partial charge in [-0.1, -0.05) is 43.3 Å². The van der Waals surface area contributed by atoms with E-state index in [1.165, 1.54) is 0 Å². The molecule has 1 unspecified atom stereocenters. The molecule has 1 fully saturated rings. The number of nitrogens with one attached hydrogen (secondary N) is 1. The SMILES string of the molecule is CCN1CCOC(c2ccc(-c3nc(NCc4ccc(C)cc4F)c4c(ncn4C)n3)cc2)C1. The molecule has 1 atom stereocenters. The van der Waals surface area contributed by atoms with Crippen molar-refractivity contribution in [2.75, 3.05) is 31.6 Å². The third-order valence-electron chi connectivity index (χ3n) is 6.36. The summed E-state index contributed by atoms with van der Waals surface area (Å²) < 4.78 is 22.2. The number of benzene rings is 2. The molecule has 7 nitrogen and oxygen atoms in total. The molecule has 1 aliphatic rings. The Morgan fingerprint density at radius 1 is 1.15 bits per heavy atom. The van der Waals surface area contributed by atoms with Crippen LogP contribution in [0.3, 0.4) is 0 Å². The summed E-state index contributed by atoms with van der Waals surface area (Å²) in [4.78, 5) is 16.3. The summed E-state index contributed by atoms with van der Waals surface area (Å²) >= 11 is 0. The summed E-state index contributed by atoms with van der Waals surface area (Å²) in [7, 11) is 1.90. The fourth-order valence-corrected chi connectivity index (χ4v) is 4.32. The molecule has 0 amide bonds. The molecule has 0 spiro atoms. The molecule has 0 saturated carbocycles. The minimum absolute atomic E-state index is 0.0728. The Labute approximate surface area is 198 Å². The second-order valence-electron chi connectivity index (χ2n) is 8.75. The maximum Gasteiger partial charge on any atom is 0.183 e. The van der Waals surface area contributed by atoms with Crippen LogP contribution >= 0.6 is 0 Å². The zero-order chi connectivity index (χ0) is 23.7. The molecular weight excluding hydrogens is 431 g/mol. The Morgan fingerprint density at radius 2 is 1.97 bits per heavy atom. The van der Waals surface area contributed by atoms with E-state index in [1.54, 1.807) is 18.5 Å². The van der Waals surface area contributed by atoms with Gasteiger partial charge in [0.05, 0.1) is 19.0 Å². The third kappa shape index (κ3) is 4.51. The van der Waals surface area contributed by atoms with Crippen molar-refractivity contribution >= 4 is 17.0 Å². The number of likely N-dealkylation sites (N-methyl/N-ethyl adjacent to an activating group) is 1. The number of nitrogens with zero attached hydrogens (tertiary/aromatic N) is 5. The van der Waals surface area contributed by atoms with E-state index < -0.39 is 0 Å². The van der Waals surface area contributed by atoms with Crippen LogP contribution in [0.4, 0.5) is 10.2 Å². The van der Waals surface area contributed by atoms with E-state index in [-0.39, 0.29) is 11.9 Å². The topological polar surface area (TPSA) is 68.1 Å². The Kier molecular flexibility index (Phi) is 6.26. The zero-order valence-corrected chi connectivity index (χ0v) is 19.8. The summed E-state index contributed by atoms with van der Waals surface area (Å²) in [5, 5.41) is 3.30. The predicted molar refractivity (Wildman–Crippen MR) is 131 cm³/mol. The lowest BCUT2D eigenvalue weighted by molar-refractivity contribution is -0.0281. The van der Waals surface area contributed by atoms with Crippen molar-refractivity contribution in [1.82, 2.24) is 24.4 Å². The number of aromatic nitrogens is 4. The average Bonchev–Trinajstić information content (AvgIpc) is 3.24. The van der Waals surface area contributed by atoms with Crippen LogP contribution in [0, 0.1) is 12.7 Å². The molecule has 5 rings (SSSR count). The second-order valence-corrected chi connectivity index (χ2v) is 8.75. The van der Waals surface area contributed by atoms with Crippen molar-refractivity contribution in [3.05, 3.63) is 71.3 Å². The quantitative estimate of drug-likeness (QED) is 0.458. The van der Waals surface area contributed by atoms with E-state index in [0.717, 1.165) is 48.4 Å². The van der Waals surface area contributed by atoms with E-state index in [0.29, 0.717) is 29.4 Å². The lowest BCUT2D eigenvalue weighted by atomic mass is 10.0. The molecule has 2 aromatic heterocycles. The molecular formula is C26H29FN6O. The van der Waals surface area contributed by atoms with Crippen LogP contribution in [-0.2, 0) is 18.3 Å². The first kappa shape index (κ1) is 22.4. The standard InChI is InChI=1S/C26H29FN6O/c1-4-33-11-12-34-22(15-33)18-7-9-19(10-8-18)24-30-25(23-26(31-24)29-16-32(23)3)28-14-20-6-5-17(2)13-21(20)27/h5-10,13,16,22H,4,11-12,14-15H2,1-3H3,(H,28,30,31). The molecule has 1 saturated heterocycles. The minimum atomic E-state index is -0.231. The van der Waals surface area contributed by atoms with Crippen molar-refractivity contribution in [3.63, 3.8) is 0 Å². The van der Waals surface area contributed by atoms with Crippen LogP contribution in [0.15, 0.2) is 48.8 Å². The van der Waals surface area contributed by atoms with Gasteiger partial charge in [-0.3, -0.25) is 4.90 Å². The molecule has 0 radical (unpaired) electrons. The lowest BCUT2D eigenvalue weighted by Crippen LogP contribution is -2.38. The maximum absolute atomic E-state index is 14.4. The van der Waals surface area contributed by atoms with Crippen LogP contribution in [0.25, 0.3) is 22.6 Å². The summed E-state index contributed by atoms with van der Waals surface area (Å²) in [6.07, 6.45) is 1.78. The predicted octanol–water partition coefficient (Wildman–Crippen LogP) is 4.48. The number of ether oxygens (including phenoxy) is 1. The Balaban J connectivity index is 1.42. The molecule has 2 aromatic carbocycles. The molecule has 1 N–H and O–H groups in total. The highest BCUT2D eigenvalue weighted by Crippen LogP contribution is 2.28. The van der Waals surface area contributed by atoms with Gasteiger partial charge >= 0.3 is 0 Å². The van der Waals surface area contributed by atoms with Crippen LogP contribution in [0.1, 0.15) is 29.7 Å². The third-order valence-corrected chi connectivity index (χ3v) is 6.36. The number of morpholine rings is 1. The monoisotopic (exact) mass is 460 g/mol. The van der Waals surface area contributed by atoms with Crippen molar-refractivity contribution < 1.29 is 9.13 Å². The summed E-state index contributed by atoms with van der Waals surface area (Å²) in [6.45, 7) is 8.02. The number of halogens is 1. The molecule has 8 heteroatoms. The Hall–Kier alpha value is -3.36. The van der Waals surface area contributed by atoms with Crippen molar-refractivity contribution in [2.24, 2.45) is 7.05 Å². The number of aryl methyl sites for hydroxylation is 2. The molecule has 4 aromatic rings. The van der Waals surface area contributed by atoms with Gasteiger partial charge in [0, 0.05) is 37.8 Å². The number of imidazole rings is 1. The van der Waals surface area contributed by atoms with E-state index in [2.05, 4.69) is 39.2 Å². The highest BCUT2D eigenvalue weighted by atomic mass is 19.1. The number of hydrogen-bond donors (Lipinski definition) is 1. The normalized spacial score (nSPS) is 16.8. The highest BCUT2D eigenvalue weighted by Gasteiger charge is 2.21. The van der Waals surface area contributed by atoms with Gasteiger partial charge in [0.25, 0.3) is 0 Å². The number of rotatable bonds is 6. The Bertz CT molecular complexity index is 1300. The van der Waals surface area contributed by atoms with Crippen molar-refractivity contribution in [1.29, 1.82) is 0 Å². The van der Waals surface area contributed by atoms with Gasteiger partial charge < -0.3 is 14.6 Å². The average molecular weight is 461 g/mol. The maximum atomic E-state index is 14.4. The minimum Gasteiger partial charge on any atom is -0.371 e. The van der Waals surface area contributed by atoms with Gasteiger partial charge in [0.15, 0.2) is 17.3 Å². The Morgan fingerprint density at radius 3 is 2.74 bits per heavy atom. The number of anilines is 1. The van der Waals surface area contributed by atoms with Crippen LogP contribution in [-0.4, -0.2) is 50.7 Å². The largest absolute Gasteiger partial charge is 0.371 e. The van der Waals surface area contributed by atoms with E-state index in [9.17, 15) is 4.39 Å². The molecule has 0 aliphatic carbocycles. The first-order valence-electron chi connectivity index (χ1n) is 11.6. The smallest absolute Gasteiger partial charge is 0.183 e. The molecule has 3 heterocycles. The van der Waals surface area contributed by atoms with Gasteiger partial charge in [-0.2, -0.15) is 0 Å². The van der Waals surface area contributed by atoms with E-state index in [4.69, 9.17) is 9.72 Å². The fraction of sp³-hybridized carbons (Fsp3) is 0.346. The summed E-state index contributed by atoms with van der Waals surface area (Å²) in [5.41, 5.74) is 4.89. The number of fused-ring (bicyclic) bond motifs is 1. The summed E-state index contributed by atoms with van der Waals surface area (Å²) in [5.74, 6) is 0.966. The van der Waals surface area contributed by atoms with Crippen LogP contribution < -0.4 is 5.32 Å². The fourth-order valence-electron chi connectivity index (χ4n) is 4.32. The van der Waals surface area contributed by atoms with Gasteiger partial charge in [-0.25, -0.2) is 19.3 Å². The van der Waals surface area contributed by atoms with Gasteiger partial charge in [0.2, 0.25) is 0 Å². The van der Waals surface area contributed by atoms with E-state index in [1.807, 2.05) is 36.7 Å². The van der Waals surface area contributed by atoms with Crippen LogP contribution in [0.2, 0.25) is 0 Å². The van der Waals surface area contributed by atoms with Crippen molar-refractivity contribution in [2.45, 2.75) is 26.5 Å². The molecule has 176 valence electrons. The van der Waals surface area contributed by atoms with E-state index >= 15 is 0 Å². The van der Waals surface area contributed by atoms with Gasteiger partial charge in [0.1, 0.15) is 11.3 Å². The lowest BCUT2D eigenvalue weighted by Gasteiger charge is -2.32. The number of hydrogen-bond acceptors (Lipinski definition) is 6.